The van der Waals surface area contributed by atoms with Gasteiger partial charge in [0.15, 0.2) is 0 Å². The van der Waals surface area contributed by atoms with Crippen LogP contribution in [-0.2, 0) is 9.05 Å². The van der Waals surface area contributed by atoms with Crippen molar-refractivity contribution in [2.45, 2.75) is 30.6 Å². The van der Waals surface area contributed by atoms with E-state index in [0.717, 1.165) is 6.42 Å². The summed E-state index contributed by atoms with van der Waals surface area (Å²) in [5, 5.41) is 2.80. The SMILES string of the molecule is COc1ccc(C(=O)NCCC2CCC2)cc1S(=O)(=O)Cl. The maximum atomic E-state index is 12.0. The lowest BCUT2D eigenvalue weighted by atomic mass is 9.83. The van der Waals surface area contributed by atoms with Gasteiger partial charge in [0.25, 0.3) is 15.0 Å². The molecule has 1 N–H and O–H groups in total. The van der Waals surface area contributed by atoms with E-state index in [1.165, 1.54) is 44.6 Å². The number of halogens is 1. The largest absolute Gasteiger partial charge is 0.495 e. The van der Waals surface area contributed by atoms with Gasteiger partial charge < -0.3 is 10.1 Å². The van der Waals surface area contributed by atoms with E-state index in [1.807, 2.05) is 0 Å². The molecule has 116 valence electrons. The average molecular weight is 332 g/mol. The number of nitrogens with one attached hydrogen (secondary N) is 1. The van der Waals surface area contributed by atoms with E-state index in [0.29, 0.717) is 12.5 Å². The Labute approximate surface area is 129 Å². The van der Waals surface area contributed by atoms with Crippen molar-refractivity contribution < 1.29 is 17.9 Å². The first kappa shape index (κ1) is 16.1. The quantitative estimate of drug-likeness (QED) is 0.813. The van der Waals surface area contributed by atoms with Crippen LogP contribution in [0.3, 0.4) is 0 Å². The standard InChI is InChI=1S/C14H18ClNO4S/c1-20-12-6-5-11(9-13(12)21(15,18)19)14(17)16-8-7-10-3-2-4-10/h5-6,9-10H,2-4,7-8H2,1H3,(H,16,17). The summed E-state index contributed by atoms with van der Waals surface area (Å²) in [6.45, 7) is 0.596. The summed E-state index contributed by atoms with van der Waals surface area (Å²) in [5.74, 6) is 0.523. The molecule has 1 aromatic rings. The Balaban J connectivity index is 2.06. The van der Waals surface area contributed by atoms with Gasteiger partial charge in [-0.25, -0.2) is 8.42 Å². The van der Waals surface area contributed by atoms with Crippen molar-refractivity contribution in [2.24, 2.45) is 5.92 Å². The van der Waals surface area contributed by atoms with Gasteiger partial charge in [0.2, 0.25) is 0 Å². The fourth-order valence-corrected chi connectivity index (χ4v) is 3.30. The highest BCUT2D eigenvalue weighted by Gasteiger charge is 2.20. The third kappa shape index (κ3) is 4.11. The first-order chi connectivity index (χ1) is 9.91. The molecule has 2 rings (SSSR count). The van der Waals surface area contributed by atoms with Crippen molar-refractivity contribution in [3.63, 3.8) is 0 Å². The predicted molar refractivity (Wildman–Crippen MR) is 80.3 cm³/mol. The van der Waals surface area contributed by atoms with Crippen LogP contribution in [0.2, 0.25) is 0 Å². The van der Waals surface area contributed by atoms with Gasteiger partial charge in [-0.15, -0.1) is 0 Å². The molecule has 5 nitrogen and oxygen atoms in total. The number of ether oxygens (including phenoxy) is 1. The fourth-order valence-electron chi connectivity index (χ4n) is 2.28. The van der Waals surface area contributed by atoms with Crippen molar-refractivity contribution in [2.75, 3.05) is 13.7 Å². The topological polar surface area (TPSA) is 72.5 Å². The van der Waals surface area contributed by atoms with E-state index in [-0.39, 0.29) is 22.1 Å². The second-order valence-electron chi connectivity index (χ2n) is 5.14. The van der Waals surface area contributed by atoms with E-state index in [1.54, 1.807) is 0 Å². The van der Waals surface area contributed by atoms with Gasteiger partial charge in [-0.1, -0.05) is 19.3 Å². The number of carbonyl (C=O) groups is 1. The van der Waals surface area contributed by atoms with E-state index in [2.05, 4.69) is 5.32 Å². The highest BCUT2D eigenvalue weighted by atomic mass is 35.7. The highest BCUT2D eigenvalue weighted by Crippen LogP contribution is 2.29. The van der Waals surface area contributed by atoms with Crippen LogP contribution in [0.4, 0.5) is 0 Å². The molecule has 1 amide bonds. The Hall–Kier alpha value is -1.27. The van der Waals surface area contributed by atoms with Crippen LogP contribution in [0.5, 0.6) is 5.75 Å². The minimum absolute atomic E-state index is 0.121. The van der Waals surface area contributed by atoms with E-state index >= 15 is 0 Å². The normalized spacial score (nSPS) is 15.3. The molecule has 0 aromatic heterocycles. The lowest BCUT2D eigenvalue weighted by molar-refractivity contribution is 0.0948. The summed E-state index contributed by atoms with van der Waals surface area (Å²) in [5.41, 5.74) is 0.253. The molecular weight excluding hydrogens is 314 g/mol. The summed E-state index contributed by atoms with van der Waals surface area (Å²) in [6, 6.07) is 4.18. The third-order valence-corrected chi connectivity index (χ3v) is 5.09. The van der Waals surface area contributed by atoms with Crippen LogP contribution >= 0.6 is 10.7 Å². The van der Waals surface area contributed by atoms with Gasteiger partial charge in [-0.05, 0) is 30.5 Å². The van der Waals surface area contributed by atoms with Gasteiger partial charge in [0.05, 0.1) is 7.11 Å². The number of carbonyl (C=O) groups excluding carboxylic acids is 1. The summed E-state index contributed by atoms with van der Waals surface area (Å²) in [7, 11) is 2.74. The van der Waals surface area contributed by atoms with Gasteiger partial charge in [-0.2, -0.15) is 0 Å². The predicted octanol–water partition coefficient (Wildman–Crippen LogP) is 2.54. The van der Waals surface area contributed by atoms with Gasteiger partial charge >= 0.3 is 0 Å². The maximum Gasteiger partial charge on any atom is 0.265 e. The van der Waals surface area contributed by atoms with Crippen LogP contribution in [0, 0.1) is 5.92 Å². The molecule has 0 bridgehead atoms. The molecule has 1 aromatic carbocycles. The van der Waals surface area contributed by atoms with Crippen LogP contribution in [-0.4, -0.2) is 28.0 Å². The number of methoxy groups -OCH3 is 1. The zero-order chi connectivity index (χ0) is 15.5. The summed E-state index contributed by atoms with van der Waals surface area (Å²) in [4.78, 5) is 11.8. The third-order valence-electron chi connectivity index (χ3n) is 3.75. The molecule has 0 spiro atoms. The molecule has 1 saturated carbocycles. The van der Waals surface area contributed by atoms with E-state index in [4.69, 9.17) is 15.4 Å². The Morgan fingerprint density at radius 2 is 2.14 bits per heavy atom. The Bertz CT molecular complexity index is 626. The number of hydrogen-bond donors (Lipinski definition) is 1. The van der Waals surface area contributed by atoms with E-state index < -0.39 is 9.05 Å². The molecule has 1 aliphatic rings. The van der Waals surface area contributed by atoms with Gasteiger partial charge in [0.1, 0.15) is 10.6 Å². The molecule has 1 aliphatic carbocycles. The fraction of sp³-hybridized carbons (Fsp3) is 0.500. The monoisotopic (exact) mass is 331 g/mol. The highest BCUT2D eigenvalue weighted by molar-refractivity contribution is 8.13. The lowest BCUT2D eigenvalue weighted by Crippen LogP contribution is -2.27. The molecule has 0 saturated heterocycles. The molecule has 0 atom stereocenters. The Morgan fingerprint density at radius 1 is 1.43 bits per heavy atom. The number of rotatable bonds is 6. The molecule has 7 heteroatoms. The average Bonchev–Trinajstić information content (AvgIpc) is 2.39. The molecule has 0 unspecified atom stereocenters. The molecule has 0 aliphatic heterocycles. The molecule has 0 radical (unpaired) electrons. The molecular formula is C14H18ClNO4S. The summed E-state index contributed by atoms with van der Waals surface area (Å²) in [6.07, 6.45) is 4.69. The number of amides is 1. The minimum atomic E-state index is -3.96. The second kappa shape index (κ2) is 6.66. The summed E-state index contributed by atoms with van der Waals surface area (Å²) >= 11 is 0. The zero-order valence-corrected chi connectivity index (χ0v) is 13.3. The van der Waals surface area contributed by atoms with Crippen LogP contribution in [0.25, 0.3) is 0 Å². The Kier molecular flexibility index (Phi) is 5.11. The molecule has 1 fully saturated rings. The first-order valence-electron chi connectivity index (χ1n) is 6.82. The van der Waals surface area contributed by atoms with Gasteiger partial charge in [0, 0.05) is 22.8 Å². The number of benzene rings is 1. The van der Waals surface area contributed by atoms with E-state index in [9.17, 15) is 13.2 Å². The van der Waals surface area contributed by atoms with Crippen molar-refractivity contribution in [3.8, 4) is 5.75 Å². The molecule has 0 heterocycles. The molecule has 21 heavy (non-hydrogen) atoms. The number of hydrogen-bond acceptors (Lipinski definition) is 4. The smallest absolute Gasteiger partial charge is 0.265 e. The van der Waals surface area contributed by atoms with Crippen molar-refractivity contribution in [1.82, 2.24) is 5.32 Å². The second-order valence-corrected chi connectivity index (χ2v) is 7.68. The first-order valence-corrected chi connectivity index (χ1v) is 9.13. The maximum absolute atomic E-state index is 12.0. The van der Waals surface area contributed by atoms with Crippen LogP contribution in [0.15, 0.2) is 23.1 Å². The summed E-state index contributed by atoms with van der Waals surface area (Å²) < 4.78 is 27.9. The van der Waals surface area contributed by atoms with Crippen molar-refractivity contribution in [3.05, 3.63) is 23.8 Å². The van der Waals surface area contributed by atoms with Gasteiger partial charge in [-0.3, -0.25) is 4.79 Å². The van der Waals surface area contributed by atoms with Crippen LogP contribution in [0.1, 0.15) is 36.0 Å². The Morgan fingerprint density at radius 3 is 2.67 bits per heavy atom. The minimum Gasteiger partial charge on any atom is -0.495 e. The lowest BCUT2D eigenvalue weighted by Gasteiger charge is -2.25. The van der Waals surface area contributed by atoms with Crippen molar-refractivity contribution >= 4 is 25.6 Å². The zero-order valence-electron chi connectivity index (χ0n) is 11.8. The van der Waals surface area contributed by atoms with Crippen molar-refractivity contribution in [1.29, 1.82) is 0 Å². The van der Waals surface area contributed by atoms with Crippen LogP contribution < -0.4 is 10.1 Å².